The number of carbonyl (C=O) groups is 2. The maximum atomic E-state index is 12.2. The number of rotatable bonds is 8. The van der Waals surface area contributed by atoms with E-state index in [1.165, 1.54) is 18.2 Å². The number of carbonyl (C=O) groups excluding carboxylic acids is 2. The Kier molecular flexibility index (Phi) is 6.91. The Morgan fingerprint density at radius 2 is 1.93 bits per heavy atom. The van der Waals surface area contributed by atoms with Gasteiger partial charge in [-0.05, 0) is 18.6 Å². The van der Waals surface area contributed by atoms with E-state index in [1.807, 2.05) is 6.92 Å². The van der Waals surface area contributed by atoms with Crippen molar-refractivity contribution in [2.45, 2.75) is 38.8 Å². The Hall–Kier alpha value is -2.91. The summed E-state index contributed by atoms with van der Waals surface area (Å²) >= 11 is 0. The van der Waals surface area contributed by atoms with Crippen LogP contribution in [0.5, 0.6) is 0 Å². The van der Waals surface area contributed by atoms with E-state index in [0.717, 1.165) is 6.42 Å². The van der Waals surface area contributed by atoms with Crippen molar-refractivity contribution in [2.75, 3.05) is 11.9 Å². The van der Waals surface area contributed by atoms with Crippen molar-refractivity contribution in [2.24, 2.45) is 0 Å². The fourth-order valence-electron chi connectivity index (χ4n) is 2.22. The Labute approximate surface area is 153 Å². The van der Waals surface area contributed by atoms with Crippen LogP contribution in [-0.2, 0) is 17.6 Å². The zero-order valence-electron chi connectivity index (χ0n) is 14.6. The van der Waals surface area contributed by atoms with Gasteiger partial charge < -0.3 is 15.2 Å². The molecule has 0 bridgehead atoms. The minimum Gasteiger partial charge on any atom is -0.343 e. The summed E-state index contributed by atoms with van der Waals surface area (Å²) in [5.74, 6) is -0.463. The lowest BCUT2D eigenvalue weighted by Crippen LogP contribution is -2.34. The summed E-state index contributed by atoms with van der Waals surface area (Å²) in [6.45, 7) is 0.525. The van der Waals surface area contributed by atoms with Gasteiger partial charge in [0.15, 0.2) is 5.82 Å². The minimum atomic E-state index is -4.52. The normalized spacial score (nSPS) is 11.3. The number of benzene rings is 1. The molecule has 1 heterocycles. The van der Waals surface area contributed by atoms with Crippen molar-refractivity contribution >= 4 is 17.5 Å². The maximum absolute atomic E-state index is 12.2. The van der Waals surface area contributed by atoms with E-state index in [9.17, 15) is 22.8 Å². The smallest absolute Gasteiger partial charge is 0.343 e. The molecule has 0 aliphatic heterocycles. The molecule has 0 aliphatic rings. The minimum absolute atomic E-state index is 0.0201. The summed E-state index contributed by atoms with van der Waals surface area (Å²) in [6.07, 6.45) is -2.74. The van der Waals surface area contributed by atoms with Gasteiger partial charge in [-0.3, -0.25) is 9.59 Å². The summed E-state index contributed by atoms with van der Waals surface area (Å²) in [6, 6.07) is 5.82. The number of alkyl halides is 3. The van der Waals surface area contributed by atoms with Crippen molar-refractivity contribution < 1.29 is 27.3 Å². The number of hydrogen-bond donors (Lipinski definition) is 2. The maximum Gasteiger partial charge on any atom is 0.405 e. The molecule has 10 heteroatoms. The van der Waals surface area contributed by atoms with Crippen LogP contribution in [0.3, 0.4) is 0 Å². The van der Waals surface area contributed by atoms with Gasteiger partial charge in [0.05, 0.1) is 11.3 Å². The van der Waals surface area contributed by atoms with Crippen LogP contribution in [0.4, 0.5) is 18.9 Å². The second-order valence-electron chi connectivity index (χ2n) is 5.75. The van der Waals surface area contributed by atoms with Crippen LogP contribution in [0.25, 0.3) is 0 Å². The zero-order chi connectivity index (χ0) is 19.9. The van der Waals surface area contributed by atoms with Crippen LogP contribution >= 0.6 is 0 Å². The van der Waals surface area contributed by atoms with Gasteiger partial charge in [0.1, 0.15) is 6.54 Å². The van der Waals surface area contributed by atoms with Crippen LogP contribution in [0.1, 0.15) is 41.8 Å². The van der Waals surface area contributed by atoms with Gasteiger partial charge in [0, 0.05) is 19.3 Å². The molecule has 7 nitrogen and oxygen atoms in total. The number of halogens is 3. The monoisotopic (exact) mass is 384 g/mol. The predicted molar refractivity (Wildman–Crippen MR) is 90.1 cm³/mol. The first kappa shape index (κ1) is 20.4. The number of aromatic nitrogens is 2. The molecule has 0 saturated carbocycles. The molecule has 27 heavy (non-hydrogen) atoms. The molecule has 0 fully saturated rings. The lowest BCUT2D eigenvalue weighted by atomic mass is 10.1. The van der Waals surface area contributed by atoms with Gasteiger partial charge in [-0.2, -0.15) is 18.2 Å². The van der Waals surface area contributed by atoms with Gasteiger partial charge in [-0.1, -0.05) is 24.2 Å². The van der Waals surface area contributed by atoms with E-state index in [4.69, 9.17) is 4.52 Å². The topological polar surface area (TPSA) is 97.1 Å². The van der Waals surface area contributed by atoms with Crippen molar-refractivity contribution in [3.63, 3.8) is 0 Å². The first-order valence-electron chi connectivity index (χ1n) is 8.33. The Morgan fingerprint density at radius 3 is 2.63 bits per heavy atom. The molecule has 0 aliphatic carbocycles. The number of aryl methyl sites for hydroxylation is 2. The molecule has 0 radical (unpaired) electrons. The van der Waals surface area contributed by atoms with Crippen LogP contribution < -0.4 is 10.6 Å². The molecule has 2 aromatic rings. The first-order valence-corrected chi connectivity index (χ1v) is 8.33. The highest BCUT2D eigenvalue weighted by molar-refractivity contribution is 6.03. The first-order chi connectivity index (χ1) is 12.8. The predicted octanol–water partition coefficient (Wildman–Crippen LogP) is 2.89. The van der Waals surface area contributed by atoms with Crippen molar-refractivity contribution in [1.82, 2.24) is 15.5 Å². The third-order valence-electron chi connectivity index (χ3n) is 3.44. The lowest BCUT2D eigenvalue weighted by Gasteiger charge is -2.12. The molecular weight excluding hydrogens is 365 g/mol. The van der Waals surface area contributed by atoms with E-state index in [2.05, 4.69) is 15.5 Å². The number of nitrogens with one attached hydrogen (secondary N) is 2. The Balaban J connectivity index is 1.93. The largest absolute Gasteiger partial charge is 0.405 e. The van der Waals surface area contributed by atoms with Gasteiger partial charge in [0.2, 0.25) is 11.8 Å². The summed E-state index contributed by atoms with van der Waals surface area (Å²) in [5.41, 5.74) is 0.0671. The molecule has 1 aromatic heterocycles. The highest BCUT2D eigenvalue weighted by Crippen LogP contribution is 2.17. The third kappa shape index (κ3) is 6.72. The van der Waals surface area contributed by atoms with E-state index >= 15 is 0 Å². The number of amides is 2. The van der Waals surface area contributed by atoms with Crippen LogP contribution in [0.2, 0.25) is 0 Å². The average Bonchev–Trinajstić information content (AvgIpc) is 3.06. The molecule has 0 unspecified atom stereocenters. The number of para-hydroxylation sites is 1. The summed E-state index contributed by atoms with van der Waals surface area (Å²) in [5, 5.41) is 8.08. The van der Waals surface area contributed by atoms with Gasteiger partial charge >= 0.3 is 6.18 Å². The number of anilines is 1. The standard InChI is InChI=1S/C17H19F3N4O3/c1-2-5-13-23-15(27-24-13)9-8-14(25)22-12-7-4-3-6-11(12)16(26)21-10-17(18,19)20/h3-4,6-7H,2,5,8-10H2,1H3,(H,21,26)(H,22,25). The molecule has 2 rings (SSSR count). The van der Waals surface area contributed by atoms with E-state index in [-0.39, 0.29) is 24.1 Å². The molecule has 0 saturated heterocycles. The SMILES string of the molecule is CCCc1noc(CCC(=O)Nc2ccccc2C(=O)NCC(F)(F)F)n1. The molecule has 146 valence electrons. The number of nitrogens with zero attached hydrogens (tertiary/aromatic N) is 2. The molecule has 2 amide bonds. The van der Waals surface area contributed by atoms with Crippen LogP contribution in [0.15, 0.2) is 28.8 Å². The van der Waals surface area contributed by atoms with Crippen LogP contribution in [-0.4, -0.2) is 34.7 Å². The van der Waals surface area contributed by atoms with E-state index < -0.39 is 24.5 Å². The highest BCUT2D eigenvalue weighted by Gasteiger charge is 2.28. The number of hydrogen-bond acceptors (Lipinski definition) is 5. The average molecular weight is 384 g/mol. The quantitative estimate of drug-likeness (QED) is 0.729. The highest BCUT2D eigenvalue weighted by atomic mass is 19.4. The van der Waals surface area contributed by atoms with Crippen molar-refractivity contribution in [1.29, 1.82) is 0 Å². The molecule has 2 N–H and O–H groups in total. The summed E-state index contributed by atoms with van der Waals surface area (Å²) in [7, 11) is 0. The van der Waals surface area contributed by atoms with E-state index in [1.54, 1.807) is 11.4 Å². The second-order valence-corrected chi connectivity index (χ2v) is 5.75. The van der Waals surface area contributed by atoms with Crippen molar-refractivity contribution in [3.05, 3.63) is 41.5 Å². The fraction of sp³-hybridized carbons (Fsp3) is 0.412. The fourth-order valence-corrected chi connectivity index (χ4v) is 2.22. The van der Waals surface area contributed by atoms with E-state index in [0.29, 0.717) is 18.1 Å². The zero-order valence-corrected chi connectivity index (χ0v) is 14.6. The van der Waals surface area contributed by atoms with Crippen molar-refractivity contribution in [3.8, 4) is 0 Å². The Morgan fingerprint density at radius 1 is 1.19 bits per heavy atom. The molecule has 0 atom stereocenters. The second kappa shape index (κ2) is 9.15. The lowest BCUT2D eigenvalue weighted by molar-refractivity contribution is -0.123. The third-order valence-corrected chi connectivity index (χ3v) is 3.44. The Bertz CT molecular complexity index is 790. The van der Waals surface area contributed by atoms with Gasteiger partial charge in [-0.15, -0.1) is 0 Å². The molecule has 0 spiro atoms. The molecular formula is C17H19F3N4O3. The molecule has 1 aromatic carbocycles. The van der Waals surface area contributed by atoms with Gasteiger partial charge in [-0.25, -0.2) is 0 Å². The summed E-state index contributed by atoms with van der Waals surface area (Å²) in [4.78, 5) is 28.2. The van der Waals surface area contributed by atoms with Gasteiger partial charge in [0.25, 0.3) is 5.91 Å². The van der Waals surface area contributed by atoms with Crippen LogP contribution in [0, 0.1) is 0 Å². The summed E-state index contributed by atoms with van der Waals surface area (Å²) < 4.78 is 41.8.